The van der Waals surface area contributed by atoms with Crippen LogP contribution in [-0.4, -0.2) is 40.7 Å². The number of aromatic nitrogens is 3. The lowest BCUT2D eigenvalue weighted by Crippen LogP contribution is -2.38. The minimum atomic E-state index is 0.556. The first-order chi connectivity index (χ1) is 14.2. The zero-order valence-electron chi connectivity index (χ0n) is 17.2. The maximum Gasteiger partial charge on any atom is 0.191 e. The molecule has 0 unspecified atom stereocenters. The van der Waals surface area contributed by atoms with E-state index < -0.39 is 0 Å². The van der Waals surface area contributed by atoms with Crippen LogP contribution >= 0.6 is 0 Å². The quantitative estimate of drug-likeness (QED) is 0.455. The van der Waals surface area contributed by atoms with Crippen molar-refractivity contribution in [1.29, 1.82) is 0 Å². The molecule has 0 bridgehead atoms. The van der Waals surface area contributed by atoms with Crippen molar-refractivity contribution in [2.75, 3.05) is 20.2 Å². The first-order valence-corrected chi connectivity index (χ1v) is 9.80. The van der Waals surface area contributed by atoms with E-state index in [2.05, 4.69) is 38.6 Å². The van der Waals surface area contributed by atoms with Crippen LogP contribution in [0.15, 0.2) is 60.0 Å². The molecule has 7 heteroatoms. The number of benzene rings is 1. The number of methoxy groups -OCH3 is 1. The summed E-state index contributed by atoms with van der Waals surface area (Å²) in [6.45, 7) is 6.14. The average molecular weight is 393 g/mol. The minimum absolute atomic E-state index is 0.556. The van der Waals surface area contributed by atoms with Crippen LogP contribution in [0.1, 0.15) is 23.9 Å². The highest BCUT2D eigenvalue weighted by molar-refractivity contribution is 5.79. The van der Waals surface area contributed by atoms with Crippen LogP contribution in [0.4, 0.5) is 0 Å². The molecule has 0 atom stereocenters. The highest BCUT2D eigenvalue weighted by Crippen LogP contribution is 2.17. The first-order valence-electron chi connectivity index (χ1n) is 9.80. The standard InChI is InChI=1S/C22H28N6O/c1-4-23-22(25-12-11-19-7-5-6-8-20(19)29-3)27-16-18-9-10-21(26-15-18)28-14-13-24-17(28)2/h5-10,13-15H,4,11-12,16H2,1-3H3,(H2,23,25,27). The predicted molar refractivity (Wildman–Crippen MR) is 116 cm³/mol. The fourth-order valence-corrected chi connectivity index (χ4v) is 3.01. The van der Waals surface area contributed by atoms with Crippen LogP contribution in [0.2, 0.25) is 0 Å². The number of aliphatic imine (C=N–C) groups is 1. The molecule has 0 radical (unpaired) electrons. The van der Waals surface area contributed by atoms with Gasteiger partial charge in [0.2, 0.25) is 0 Å². The van der Waals surface area contributed by atoms with E-state index in [1.54, 1.807) is 13.3 Å². The molecule has 0 spiro atoms. The van der Waals surface area contributed by atoms with Crippen LogP contribution in [0.25, 0.3) is 5.82 Å². The lowest BCUT2D eigenvalue weighted by molar-refractivity contribution is 0.409. The van der Waals surface area contributed by atoms with Crippen LogP contribution in [0, 0.1) is 6.92 Å². The van der Waals surface area contributed by atoms with Gasteiger partial charge in [0, 0.05) is 31.7 Å². The maximum atomic E-state index is 5.41. The molecule has 2 aromatic heterocycles. The summed E-state index contributed by atoms with van der Waals surface area (Å²) in [5, 5.41) is 6.67. The summed E-state index contributed by atoms with van der Waals surface area (Å²) in [6.07, 6.45) is 6.39. The van der Waals surface area contributed by atoms with E-state index in [1.165, 1.54) is 5.56 Å². The van der Waals surface area contributed by atoms with Gasteiger partial charge in [-0.15, -0.1) is 0 Å². The number of nitrogens with one attached hydrogen (secondary N) is 2. The third kappa shape index (κ3) is 5.57. The summed E-state index contributed by atoms with van der Waals surface area (Å²) in [7, 11) is 1.70. The lowest BCUT2D eigenvalue weighted by atomic mass is 10.1. The second-order valence-corrected chi connectivity index (χ2v) is 6.55. The molecule has 0 aliphatic rings. The van der Waals surface area contributed by atoms with Crippen molar-refractivity contribution in [2.45, 2.75) is 26.8 Å². The number of nitrogens with zero attached hydrogens (tertiary/aromatic N) is 4. The van der Waals surface area contributed by atoms with Gasteiger partial charge in [0.1, 0.15) is 17.4 Å². The number of hydrogen-bond acceptors (Lipinski definition) is 4. The van der Waals surface area contributed by atoms with E-state index in [0.717, 1.165) is 48.4 Å². The molecule has 2 heterocycles. The highest BCUT2D eigenvalue weighted by atomic mass is 16.5. The monoisotopic (exact) mass is 392 g/mol. The second-order valence-electron chi connectivity index (χ2n) is 6.55. The number of pyridine rings is 1. The average Bonchev–Trinajstić information content (AvgIpc) is 3.18. The molecule has 2 N–H and O–H groups in total. The zero-order chi connectivity index (χ0) is 20.5. The Labute approximate surface area is 171 Å². The highest BCUT2D eigenvalue weighted by Gasteiger charge is 2.04. The molecule has 1 aromatic carbocycles. The number of imidazole rings is 1. The van der Waals surface area contributed by atoms with Crippen molar-refractivity contribution in [3.63, 3.8) is 0 Å². The van der Waals surface area contributed by atoms with Gasteiger partial charge in [0.25, 0.3) is 0 Å². The molecule has 0 amide bonds. The van der Waals surface area contributed by atoms with E-state index in [1.807, 2.05) is 54.2 Å². The van der Waals surface area contributed by atoms with Gasteiger partial charge in [-0.05, 0) is 43.5 Å². The van der Waals surface area contributed by atoms with E-state index in [4.69, 9.17) is 4.74 Å². The SMILES string of the molecule is CCNC(=NCc1ccc(-n2ccnc2C)nc1)NCCc1ccccc1OC. The van der Waals surface area contributed by atoms with Gasteiger partial charge >= 0.3 is 0 Å². The summed E-state index contributed by atoms with van der Waals surface area (Å²) in [4.78, 5) is 13.4. The molecule has 0 fully saturated rings. The van der Waals surface area contributed by atoms with Crippen molar-refractivity contribution in [2.24, 2.45) is 4.99 Å². The third-order valence-electron chi connectivity index (χ3n) is 4.52. The Morgan fingerprint density at radius 2 is 2.00 bits per heavy atom. The number of hydrogen-bond donors (Lipinski definition) is 2. The molecule has 3 rings (SSSR count). The van der Waals surface area contributed by atoms with Crippen LogP contribution in [0.3, 0.4) is 0 Å². The molecule has 0 aliphatic heterocycles. The van der Waals surface area contributed by atoms with Gasteiger partial charge in [-0.25, -0.2) is 15.0 Å². The van der Waals surface area contributed by atoms with E-state index in [-0.39, 0.29) is 0 Å². The topological polar surface area (TPSA) is 76.4 Å². The number of rotatable bonds is 8. The molecule has 7 nitrogen and oxygen atoms in total. The Balaban J connectivity index is 1.58. The fourth-order valence-electron chi connectivity index (χ4n) is 3.01. The Bertz CT molecular complexity index is 932. The molecule has 29 heavy (non-hydrogen) atoms. The Morgan fingerprint density at radius 1 is 1.14 bits per heavy atom. The van der Waals surface area contributed by atoms with Gasteiger partial charge in [-0.3, -0.25) is 4.57 Å². The van der Waals surface area contributed by atoms with Gasteiger partial charge in [-0.2, -0.15) is 0 Å². The number of ether oxygens (including phenoxy) is 1. The molecule has 0 saturated heterocycles. The largest absolute Gasteiger partial charge is 0.496 e. The summed E-state index contributed by atoms with van der Waals surface area (Å²) < 4.78 is 7.37. The number of aryl methyl sites for hydroxylation is 1. The van der Waals surface area contributed by atoms with Gasteiger partial charge in [0.05, 0.1) is 13.7 Å². The minimum Gasteiger partial charge on any atom is -0.496 e. The molecular weight excluding hydrogens is 364 g/mol. The van der Waals surface area contributed by atoms with Crippen molar-refractivity contribution in [3.05, 3.63) is 71.9 Å². The van der Waals surface area contributed by atoms with E-state index in [0.29, 0.717) is 6.54 Å². The summed E-state index contributed by atoms with van der Waals surface area (Å²) in [6, 6.07) is 12.1. The molecule has 0 aliphatic carbocycles. The van der Waals surface area contributed by atoms with Crippen LogP contribution in [0.5, 0.6) is 5.75 Å². The van der Waals surface area contributed by atoms with Crippen molar-refractivity contribution in [1.82, 2.24) is 25.2 Å². The Kier molecular flexibility index (Phi) is 7.22. The second kappa shape index (κ2) is 10.3. The first kappa shape index (κ1) is 20.4. The Hall–Kier alpha value is -3.35. The third-order valence-corrected chi connectivity index (χ3v) is 4.52. The summed E-state index contributed by atoms with van der Waals surface area (Å²) >= 11 is 0. The van der Waals surface area contributed by atoms with Gasteiger partial charge in [-0.1, -0.05) is 24.3 Å². The Morgan fingerprint density at radius 3 is 2.69 bits per heavy atom. The molecule has 3 aromatic rings. The van der Waals surface area contributed by atoms with Crippen molar-refractivity contribution >= 4 is 5.96 Å². The van der Waals surface area contributed by atoms with Crippen LogP contribution in [-0.2, 0) is 13.0 Å². The maximum absolute atomic E-state index is 5.41. The van der Waals surface area contributed by atoms with Crippen molar-refractivity contribution in [3.8, 4) is 11.6 Å². The number of para-hydroxylation sites is 1. The van der Waals surface area contributed by atoms with E-state index in [9.17, 15) is 0 Å². The fraction of sp³-hybridized carbons (Fsp3) is 0.318. The smallest absolute Gasteiger partial charge is 0.191 e. The van der Waals surface area contributed by atoms with E-state index >= 15 is 0 Å². The lowest BCUT2D eigenvalue weighted by Gasteiger charge is -2.13. The van der Waals surface area contributed by atoms with Gasteiger partial charge < -0.3 is 15.4 Å². The molecular formula is C22H28N6O. The molecule has 152 valence electrons. The molecule has 0 saturated carbocycles. The predicted octanol–water partition coefficient (Wildman–Crippen LogP) is 2.88. The van der Waals surface area contributed by atoms with Gasteiger partial charge in [0.15, 0.2) is 5.96 Å². The van der Waals surface area contributed by atoms with Crippen molar-refractivity contribution < 1.29 is 4.74 Å². The zero-order valence-corrected chi connectivity index (χ0v) is 17.2. The van der Waals surface area contributed by atoms with Crippen LogP contribution < -0.4 is 15.4 Å². The number of guanidine groups is 1. The summed E-state index contributed by atoms with van der Waals surface area (Å²) in [5.41, 5.74) is 2.22. The normalized spacial score (nSPS) is 11.3. The summed E-state index contributed by atoms with van der Waals surface area (Å²) in [5.74, 6) is 3.47.